The molecular weight excluding hydrogens is 332 g/mol. The monoisotopic (exact) mass is 354 g/mol. The normalized spacial score (nSPS) is 14.6. The van der Waals surface area contributed by atoms with Gasteiger partial charge in [0, 0.05) is 5.56 Å². The van der Waals surface area contributed by atoms with Crippen molar-refractivity contribution in [1.82, 2.24) is 5.43 Å². The van der Waals surface area contributed by atoms with Crippen LogP contribution >= 0.6 is 0 Å². The Kier molecular flexibility index (Phi) is 5.11. The zero-order valence-corrected chi connectivity index (χ0v) is 14.8. The van der Waals surface area contributed by atoms with Gasteiger partial charge in [-0.1, -0.05) is 6.07 Å². The molecule has 1 amide bonds. The minimum atomic E-state index is -0.719. The number of nitrogens with one attached hydrogen (secondary N) is 1. The number of hydrazone groups is 1. The van der Waals surface area contributed by atoms with Gasteiger partial charge in [-0.3, -0.25) is 4.79 Å². The maximum atomic E-state index is 12.2. The number of carbonyl (C=O) groups excluding carboxylic acids is 1. The molecule has 2 aromatic rings. The average molecular weight is 354 g/mol. The largest absolute Gasteiger partial charge is 0.508 e. The molecule has 136 valence electrons. The predicted molar refractivity (Wildman–Crippen MR) is 98.7 cm³/mol. The smallest absolute Gasteiger partial charge is 0.280 e. The van der Waals surface area contributed by atoms with Crippen LogP contribution in [0.2, 0.25) is 0 Å². The molecule has 0 saturated heterocycles. The Bertz CT molecular complexity index is 861. The molecule has 0 radical (unpaired) electrons. The molecule has 0 fully saturated rings. The summed E-state index contributed by atoms with van der Waals surface area (Å²) in [5, 5.41) is 23.3. The summed E-state index contributed by atoms with van der Waals surface area (Å²) in [6.07, 6.45) is 2.58. The van der Waals surface area contributed by atoms with Crippen LogP contribution in [-0.4, -0.2) is 27.9 Å². The van der Waals surface area contributed by atoms with Crippen molar-refractivity contribution in [3.8, 4) is 17.2 Å². The second-order valence-corrected chi connectivity index (χ2v) is 6.42. The Labute approximate surface area is 152 Å². The number of benzene rings is 2. The van der Waals surface area contributed by atoms with E-state index in [1.165, 1.54) is 29.3 Å². The molecule has 3 rings (SSSR count). The number of nitrogens with zero attached hydrogens (tertiary/aromatic N) is 1. The highest BCUT2D eigenvalue weighted by atomic mass is 16.5. The average Bonchev–Trinajstić information content (AvgIpc) is 3.09. The van der Waals surface area contributed by atoms with Crippen LogP contribution < -0.4 is 10.2 Å². The third-order valence-electron chi connectivity index (χ3n) is 4.46. The van der Waals surface area contributed by atoms with Crippen molar-refractivity contribution in [2.45, 2.75) is 39.2 Å². The molecule has 0 saturated carbocycles. The van der Waals surface area contributed by atoms with Crippen molar-refractivity contribution in [3.63, 3.8) is 0 Å². The molecule has 0 aromatic heterocycles. The standard InChI is InChI=1S/C20H22N2O4/c1-12(18-11-16(23)7-9-19(18)24)21-22-20(25)13(2)26-17-8-6-14-4-3-5-15(14)10-17/h6-11,13,23-24H,3-5H2,1-2H3,(H,22,25)/b21-12-/t13-/m1/s1. The van der Waals surface area contributed by atoms with Crippen LogP contribution in [0, 0.1) is 0 Å². The van der Waals surface area contributed by atoms with E-state index in [2.05, 4.69) is 16.6 Å². The highest BCUT2D eigenvalue weighted by Gasteiger charge is 2.17. The van der Waals surface area contributed by atoms with Gasteiger partial charge in [0.25, 0.3) is 5.91 Å². The van der Waals surface area contributed by atoms with E-state index in [1.54, 1.807) is 13.8 Å². The Balaban J connectivity index is 1.63. The highest BCUT2D eigenvalue weighted by Crippen LogP contribution is 2.26. The second-order valence-electron chi connectivity index (χ2n) is 6.42. The van der Waals surface area contributed by atoms with E-state index in [0.717, 1.165) is 19.3 Å². The third-order valence-corrected chi connectivity index (χ3v) is 4.46. The van der Waals surface area contributed by atoms with Gasteiger partial charge in [-0.25, -0.2) is 5.43 Å². The minimum Gasteiger partial charge on any atom is -0.508 e. The molecule has 6 nitrogen and oxygen atoms in total. The van der Waals surface area contributed by atoms with Crippen LogP contribution in [0.4, 0.5) is 0 Å². The quantitative estimate of drug-likeness (QED) is 0.437. The topological polar surface area (TPSA) is 91.2 Å². The van der Waals surface area contributed by atoms with Gasteiger partial charge in [-0.2, -0.15) is 5.10 Å². The van der Waals surface area contributed by atoms with Gasteiger partial charge in [0.15, 0.2) is 6.10 Å². The highest BCUT2D eigenvalue weighted by molar-refractivity contribution is 6.01. The van der Waals surface area contributed by atoms with Crippen molar-refractivity contribution in [3.05, 3.63) is 53.1 Å². The van der Waals surface area contributed by atoms with E-state index >= 15 is 0 Å². The lowest BCUT2D eigenvalue weighted by Gasteiger charge is -2.14. The number of ether oxygens (including phenoxy) is 1. The number of phenolic OH excluding ortho intramolecular Hbond substituents is 2. The van der Waals surface area contributed by atoms with E-state index in [0.29, 0.717) is 17.0 Å². The lowest BCUT2D eigenvalue weighted by atomic mass is 10.1. The van der Waals surface area contributed by atoms with E-state index in [9.17, 15) is 15.0 Å². The van der Waals surface area contributed by atoms with E-state index < -0.39 is 12.0 Å². The number of rotatable bonds is 5. The van der Waals surface area contributed by atoms with Gasteiger partial charge in [-0.05, 0) is 74.6 Å². The zero-order chi connectivity index (χ0) is 18.7. The van der Waals surface area contributed by atoms with Crippen LogP contribution in [0.1, 0.15) is 37.0 Å². The molecule has 1 atom stereocenters. The third kappa shape index (κ3) is 3.96. The Morgan fingerprint density at radius 2 is 1.92 bits per heavy atom. The molecule has 0 bridgehead atoms. The number of fused-ring (bicyclic) bond motifs is 1. The van der Waals surface area contributed by atoms with Gasteiger partial charge < -0.3 is 14.9 Å². The summed E-state index contributed by atoms with van der Waals surface area (Å²) in [7, 11) is 0. The number of amides is 1. The fraction of sp³-hybridized carbons (Fsp3) is 0.300. The fourth-order valence-corrected chi connectivity index (χ4v) is 2.98. The fourth-order valence-electron chi connectivity index (χ4n) is 2.98. The molecule has 6 heteroatoms. The van der Waals surface area contributed by atoms with Crippen molar-refractivity contribution >= 4 is 11.6 Å². The molecular formula is C20H22N2O4. The molecule has 1 aliphatic rings. The van der Waals surface area contributed by atoms with Crippen LogP contribution in [0.15, 0.2) is 41.5 Å². The summed E-state index contributed by atoms with van der Waals surface area (Å²) >= 11 is 0. The molecule has 0 heterocycles. The van der Waals surface area contributed by atoms with E-state index in [-0.39, 0.29) is 11.5 Å². The first-order valence-electron chi connectivity index (χ1n) is 8.59. The first-order valence-corrected chi connectivity index (χ1v) is 8.59. The molecule has 0 unspecified atom stereocenters. The summed E-state index contributed by atoms with van der Waals surface area (Å²) in [5.74, 6) is 0.247. The zero-order valence-electron chi connectivity index (χ0n) is 14.8. The Morgan fingerprint density at radius 3 is 2.73 bits per heavy atom. The molecule has 0 aliphatic heterocycles. The van der Waals surface area contributed by atoms with Crippen molar-refractivity contribution in [1.29, 1.82) is 0 Å². The van der Waals surface area contributed by atoms with Crippen molar-refractivity contribution in [2.75, 3.05) is 0 Å². The van der Waals surface area contributed by atoms with Crippen LogP contribution in [-0.2, 0) is 17.6 Å². The number of phenols is 2. The SMILES string of the molecule is C/C(=N/NC(=O)[C@@H](C)Oc1ccc2c(c1)CCC2)c1cc(O)ccc1O. The number of aryl methyl sites for hydroxylation is 2. The van der Waals surface area contributed by atoms with E-state index in [4.69, 9.17) is 4.74 Å². The van der Waals surface area contributed by atoms with Crippen LogP contribution in [0.3, 0.4) is 0 Å². The molecule has 1 aliphatic carbocycles. The maximum absolute atomic E-state index is 12.2. The maximum Gasteiger partial charge on any atom is 0.280 e. The summed E-state index contributed by atoms with van der Waals surface area (Å²) < 4.78 is 5.71. The van der Waals surface area contributed by atoms with Crippen molar-refractivity contribution in [2.24, 2.45) is 5.10 Å². The first kappa shape index (κ1) is 17.8. The molecule has 3 N–H and O–H groups in total. The summed E-state index contributed by atoms with van der Waals surface area (Å²) in [6.45, 7) is 3.28. The summed E-state index contributed by atoms with van der Waals surface area (Å²) in [5.41, 5.74) is 5.78. The van der Waals surface area contributed by atoms with Crippen LogP contribution in [0.5, 0.6) is 17.2 Å². The van der Waals surface area contributed by atoms with Crippen molar-refractivity contribution < 1.29 is 19.7 Å². The lowest BCUT2D eigenvalue weighted by Crippen LogP contribution is -2.34. The predicted octanol–water partition coefficient (Wildman–Crippen LogP) is 2.89. The number of aromatic hydroxyl groups is 2. The minimum absolute atomic E-state index is 0.00647. The first-order chi connectivity index (χ1) is 12.4. The van der Waals surface area contributed by atoms with Gasteiger partial charge in [-0.15, -0.1) is 0 Å². The molecule has 2 aromatic carbocycles. The molecule has 0 spiro atoms. The summed E-state index contributed by atoms with van der Waals surface area (Å²) in [4.78, 5) is 12.2. The molecule has 26 heavy (non-hydrogen) atoms. The Morgan fingerprint density at radius 1 is 1.15 bits per heavy atom. The van der Waals surface area contributed by atoms with Gasteiger partial charge in [0.05, 0.1) is 5.71 Å². The number of carbonyl (C=O) groups is 1. The summed E-state index contributed by atoms with van der Waals surface area (Å²) in [6, 6.07) is 10.0. The van der Waals surface area contributed by atoms with Gasteiger partial charge in [0.1, 0.15) is 17.2 Å². The van der Waals surface area contributed by atoms with Gasteiger partial charge >= 0.3 is 0 Å². The van der Waals surface area contributed by atoms with Crippen LogP contribution in [0.25, 0.3) is 0 Å². The van der Waals surface area contributed by atoms with E-state index in [1.807, 2.05) is 12.1 Å². The number of hydrogen-bond donors (Lipinski definition) is 3. The number of hydrogen-bond acceptors (Lipinski definition) is 5. The van der Waals surface area contributed by atoms with Gasteiger partial charge in [0.2, 0.25) is 0 Å². The second kappa shape index (κ2) is 7.47. The Hall–Kier alpha value is -3.02. The lowest BCUT2D eigenvalue weighted by molar-refractivity contribution is -0.127.